The highest BCUT2D eigenvalue weighted by molar-refractivity contribution is 7.89. The van der Waals surface area contributed by atoms with E-state index in [4.69, 9.17) is 16.3 Å². The molecule has 1 N–H and O–H groups in total. The van der Waals surface area contributed by atoms with Gasteiger partial charge in [0.2, 0.25) is 15.9 Å². The number of nitrogens with one attached hydrogen (secondary N) is 1. The summed E-state index contributed by atoms with van der Waals surface area (Å²) in [5.74, 6) is -0.0520. The summed E-state index contributed by atoms with van der Waals surface area (Å²) >= 11 is 6.16. The van der Waals surface area contributed by atoms with E-state index in [0.29, 0.717) is 38.3 Å². The molecule has 0 saturated carbocycles. The van der Waals surface area contributed by atoms with Crippen molar-refractivity contribution >= 4 is 27.5 Å². The number of hydrogen-bond acceptors (Lipinski definition) is 4. The van der Waals surface area contributed by atoms with Crippen LogP contribution >= 0.6 is 11.6 Å². The number of rotatable bonds is 7. The van der Waals surface area contributed by atoms with E-state index in [1.165, 1.54) is 16.4 Å². The number of halogens is 1. The Morgan fingerprint density at radius 3 is 2.69 bits per heavy atom. The van der Waals surface area contributed by atoms with Crippen LogP contribution in [0, 0.1) is 5.92 Å². The van der Waals surface area contributed by atoms with Crippen molar-refractivity contribution in [1.82, 2.24) is 9.62 Å². The first kappa shape index (κ1) is 21.6. The zero-order valence-corrected chi connectivity index (χ0v) is 17.9. The van der Waals surface area contributed by atoms with Crippen molar-refractivity contribution in [3.8, 4) is 5.75 Å². The van der Waals surface area contributed by atoms with Crippen LogP contribution in [0.3, 0.4) is 0 Å². The lowest BCUT2D eigenvalue weighted by atomic mass is 9.99. The highest BCUT2D eigenvalue weighted by Crippen LogP contribution is 2.30. The van der Waals surface area contributed by atoms with Crippen molar-refractivity contribution in [3.05, 3.63) is 59.1 Å². The molecule has 0 radical (unpaired) electrons. The fourth-order valence-electron chi connectivity index (χ4n) is 3.37. The summed E-state index contributed by atoms with van der Waals surface area (Å²) in [7, 11) is -3.74. The van der Waals surface area contributed by atoms with Crippen molar-refractivity contribution in [3.63, 3.8) is 0 Å². The van der Waals surface area contributed by atoms with Gasteiger partial charge in [0.25, 0.3) is 0 Å². The molecule has 6 nitrogen and oxygen atoms in total. The number of carbonyl (C=O) groups excluding carboxylic acids is 1. The molecule has 1 amide bonds. The Labute approximate surface area is 176 Å². The van der Waals surface area contributed by atoms with E-state index in [0.717, 1.165) is 5.56 Å². The fourth-order valence-corrected chi connectivity index (χ4v) is 5.22. The minimum Gasteiger partial charge on any atom is -0.492 e. The van der Waals surface area contributed by atoms with Gasteiger partial charge in [-0.3, -0.25) is 4.79 Å². The first-order valence-corrected chi connectivity index (χ1v) is 11.5. The van der Waals surface area contributed by atoms with E-state index in [1.807, 2.05) is 37.3 Å². The first-order valence-electron chi connectivity index (χ1n) is 9.66. The molecule has 0 bridgehead atoms. The highest BCUT2D eigenvalue weighted by Gasteiger charge is 2.33. The SMILES string of the molecule is CCOc1ccc(S(=O)(=O)N2CCC[C@@H](C(=O)NCc3ccccc3)C2)cc1Cl. The topological polar surface area (TPSA) is 75.7 Å². The van der Waals surface area contributed by atoms with Gasteiger partial charge in [-0.1, -0.05) is 41.9 Å². The number of nitrogens with zero attached hydrogens (tertiary/aromatic N) is 1. The zero-order valence-electron chi connectivity index (χ0n) is 16.3. The van der Waals surface area contributed by atoms with Gasteiger partial charge < -0.3 is 10.1 Å². The summed E-state index contributed by atoms with van der Waals surface area (Å²) in [6.45, 7) is 3.25. The predicted octanol–water partition coefficient (Wildman–Crippen LogP) is 3.46. The van der Waals surface area contributed by atoms with Gasteiger partial charge in [0.05, 0.1) is 22.4 Å². The van der Waals surface area contributed by atoms with Gasteiger partial charge in [0, 0.05) is 19.6 Å². The first-order chi connectivity index (χ1) is 13.9. The molecule has 1 saturated heterocycles. The summed E-state index contributed by atoms with van der Waals surface area (Å²) in [6.07, 6.45) is 1.30. The highest BCUT2D eigenvalue weighted by atomic mass is 35.5. The van der Waals surface area contributed by atoms with Crippen LogP contribution in [0.1, 0.15) is 25.3 Å². The molecule has 8 heteroatoms. The lowest BCUT2D eigenvalue weighted by Crippen LogP contribution is -2.45. The van der Waals surface area contributed by atoms with Crippen LogP contribution in [0.15, 0.2) is 53.4 Å². The second-order valence-corrected chi connectivity index (χ2v) is 9.28. The van der Waals surface area contributed by atoms with E-state index < -0.39 is 10.0 Å². The van der Waals surface area contributed by atoms with Crippen molar-refractivity contribution in [1.29, 1.82) is 0 Å². The molecule has 2 aromatic carbocycles. The molecule has 1 aliphatic heterocycles. The number of sulfonamides is 1. The number of carbonyl (C=O) groups is 1. The average molecular weight is 437 g/mol. The second kappa shape index (κ2) is 9.61. The van der Waals surface area contributed by atoms with Gasteiger partial charge in [-0.25, -0.2) is 8.42 Å². The number of piperidine rings is 1. The largest absolute Gasteiger partial charge is 0.492 e. The molecule has 1 heterocycles. The van der Waals surface area contributed by atoms with E-state index in [2.05, 4.69) is 5.32 Å². The summed E-state index contributed by atoms with van der Waals surface area (Å²) < 4.78 is 32.8. The lowest BCUT2D eigenvalue weighted by molar-refractivity contribution is -0.126. The van der Waals surface area contributed by atoms with Crippen molar-refractivity contribution < 1.29 is 17.9 Å². The van der Waals surface area contributed by atoms with Crippen molar-refractivity contribution in [2.75, 3.05) is 19.7 Å². The van der Waals surface area contributed by atoms with Gasteiger partial charge in [-0.05, 0) is 43.5 Å². The fraction of sp³-hybridized carbons (Fsp3) is 0.381. The standard InChI is InChI=1S/C21H25ClN2O4S/c1-2-28-20-11-10-18(13-19(20)22)29(26,27)24-12-6-9-17(15-24)21(25)23-14-16-7-4-3-5-8-16/h3-5,7-8,10-11,13,17H,2,6,9,12,14-15H2,1H3,(H,23,25)/t17-/m1/s1. The van der Waals surface area contributed by atoms with Crippen LogP contribution < -0.4 is 10.1 Å². The van der Waals surface area contributed by atoms with Crippen molar-refractivity contribution in [2.24, 2.45) is 5.92 Å². The minimum absolute atomic E-state index is 0.108. The Bertz CT molecular complexity index is 950. The van der Waals surface area contributed by atoms with Crippen LogP contribution in [0.4, 0.5) is 0 Å². The van der Waals surface area contributed by atoms with E-state index >= 15 is 0 Å². The minimum atomic E-state index is -3.74. The van der Waals surface area contributed by atoms with Gasteiger partial charge >= 0.3 is 0 Å². The smallest absolute Gasteiger partial charge is 0.243 e. The molecular formula is C21H25ClN2O4S. The molecule has 0 aliphatic carbocycles. The number of hydrogen-bond donors (Lipinski definition) is 1. The number of benzene rings is 2. The molecule has 29 heavy (non-hydrogen) atoms. The quantitative estimate of drug-likeness (QED) is 0.721. The molecule has 1 fully saturated rings. The monoisotopic (exact) mass is 436 g/mol. The van der Waals surface area contributed by atoms with Crippen LogP contribution in [0.2, 0.25) is 5.02 Å². The Morgan fingerprint density at radius 2 is 2.00 bits per heavy atom. The summed E-state index contributed by atoms with van der Waals surface area (Å²) in [6, 6.07) is 14.1. The van der Waals surface area contributed by atoms with Crippen LogP contribution in [0.25, 0.3) is 0 Å². The van der Waals surface area contributed by atoms with Crippen LogP contribution in [0.5, 0.6) is 5.75 Å². The third-order valence-corrected chi connectivity index (χ3v) is 7.06. The Kier molecular flexibility index (Phi) is 7.16. The summed E-state index contributed by atoms with van der Waals surface area (Å²) in [5, 5.41) is 3.16. The maximum absolute atomic E-state index is 13.1. The van der Waals surface area contributed by atoms with E-state index in [1.54, 1.807) is 6.07 Å². The Balaban J connectivity index is 1.67. The molecule has 1 atom stereocenters. The molecule has 156 valence electrons. The molecule has 0 aromatic heterocycles. The molecular weight excluding hydrogens is 412 g/mol. The molecule has 2 aromatic rings. The normalized spacial score (nSPS) is 17.7. The molecule has 0 unspecified atom stereocenters. The molecule has 0 spiro atoms. The van der Waals surface area contributed by atoms with Crippen LogP contribution in [-0.2, 0) is 21.4 Å². The van der Waals surface area contributed by atoms with E-state index in [9.17, 15) is 13.2 Å². The zero-order chi connectivity index (χ0) is 20.9. The maximum atomic E-state index is 13.1. The molecule has 3 rings (SSSR count). The molecule has 1 aliphatic rings. The van der Waals surface area contributed by atoms with Gasteiger partial charge in [0.15, 0.2) is 0 Å². The van der Waals surface area contributed by atoms with Crippen molar-refractivity contribution in [2.45, 2.75) is 31.2 Å². The third-order valence-electron chi connectivity index (χ3n) is 4.91. The maximum Gasteiger partial charge on any atom is 0.243 e. The average Bonchev–Trinajstić information content (AvgIpc) is 2.74. The van der Waals surface area contributed by atoms with Gasteiger partial charge in [0.1, 0.15) is 5.75 Å². The van der Waals surface area contributed by atoms with Gasteiger partial charge in [-0.2, -0.15) is 4.31 Å². The van der Waals surface area contributed by atoms with Crippen LogP contribution in [-0.4, -0.2) is 38.3 Å². The third kappa shape index (κ3) is 5.29. The number of ether oxygens (including phenoxy) is 1. The van der Waals surface area contributed by atoms with E-state index in [-0.39, 0.29) is 28.3 Å². The Morgan fingerprint density at radius 1 is 1.24 bits per heavy atom. The summed E-state index contributed by atoms with van der Waals surface area (Å²) in [4.78, 5) is 12.7. The lowest BCUT2D eigenvalue weighted by Gasteiger charge is -2.31. The number of amides is 1. The Hall–Kier alpha value is -2.09. The predicted molar refractivity (Wildman–Crippen MR) is 112 cm³/mol. The second-order valence-electron chi connectivity index (χ2n) is 6.93. The summed E-state index contributed by atoms with van der Waals surface area (Å²) in [5.41, 5.74) is 1.00. The van der Waals surface area contributed by atoms with Gasteiger partial charge in [-0.15, -0.1) is 0 Å².